The largest absolute Gasteiger partial charge is 0.322 e. The molecule has 6 heteroatoms. The maximum absolute atomic E-state index is 13.9. The van der Waals surface area contributed by atoms with Crippen molar-refractivity contribution in [2.75, 3.05) is 5.32 Å². The van der Waals surface area contributed by atoms with Gasteiger partial charge >= 0.3 is 0 Å². The van der Waals surface area contributed by atoms with Gasteiger partial charge in [-0.2, -0.15) is 0 Å². The van der Waals surface area contributed by atoms with Crippen LogP contribution in [-0.4, -0.2) is 11.7 Å². The molecule has 3 nitrogen and oxygen atoms in total. The molecule has 0 atom stereocenters. The summed E-state index contributed by atoms with van der Waals surface area (Å²) >= 11 is 6.03. The fourth-order valence-electron chi connectivity index (χ4n) is 2.15. The van der Waals surface area contributed by atoms with Crippen molar-refractivity contribution in [1.29, 1.82) is 0 Å². The van der Waals surface area contributed by atoms with E-state index in [-0.39, 0.29) is 21.8 Å². The molecule has 2 aromatic rings. The molecule has 2 aromatic carbocycles. The molecule has 0 saturated heterocycles. The number of amides is 1. The van der Waals surface area contributed by atoms with E-state index < -0.39 is 28.9 Å². The average Bonchev–Trinajstić information content (AvgIpc) is 2.50. The van der Waals surface area contributed by atoms with Crippen LogP contribution in [0.1, 0.15) is 28.4 Å². The van der Waals surface area contributed by atoms with Gasteiger partial charge in [0.1, 0.15) is 11.6 Å². The minimum Gasteiger partial charge on any atom is -0.322 e. The Morgan fingerprint density at radius 2 is 1.67 bits per heavy atom. The van der Waals surface area contributed by atoms with Gasteiger partial charge in [-0.1, -0.05) is 24.2 Å². The molecule has 0 spiro atoms. The Morgan fingerprint density at radius 1 is 1.08 bits per heavy atom. The number of halogens is 3. The quantitative estimate of drug-likeness (QED) is 0.644. The van der Waals surface area contributed by atoms with Crippen LogP contribution >= 0.6 is 11.6 Å². The van der Waals surface area contributed by atoms with Crippen molar-refractivity contribution in [1.82, 2.24) is 0 Å². The van der Waals surface area contributed by atoms with Crippen LogP contribution in [-0.2, 0) is 4.79 Å². The third-order valence-electron chi connectivity index (χ3n) is 3.45. The second-order valence-electron chi connectivity index (χ2n) is 5.26. The van der Waals surface area contributed by atoms with Gasteiger partial charge in [-0.05, 0) is 43.7 Å². The molecule has 0 aliphatic carbocycles. The van der Waals surface area contributed by atoms with E-state index in [0.717, 1.165) is 18.2 Å². The van der Waals surface area contributed by atoms with Gasteiger partial charge in [-0.25, -0.2) is 8.78 Å². The maximum Gasteiger partial charge on any atom is 0.250 e. The average molecular weight is 350 g/mol. The van der Waals surface area contributed by atoms with Gasteiger partial charge < -0.3 is 5.32 Å². The van der Waals surface area contributed by atoms with Crippen LogP contribution in [0.15, 0.2) is 42.5 Å². The number of rotatable bonds is 4. The van der Waals surface area contributed by atoms with Crippen molar-refractivity contribution in [2.24, 2.45) is 0 Å². The fourth-order valence-corrected chi connectivity index (χ4v) is 2.31. The number of anilines is 1. The first-order valence-corrected chi connectivity index (χ1v) is 7.36. The Hall–Kier alpha value is -2.53. The summed E-state index contributed by atoms with van der Waals surface area (Å²) in [5.74, 6) is -3.39. The van der Waals surface area contributed by atoms with E-state index in [1.54, 1.807) is 0 Å². The molecule has 0 heterocycles. The number of carbonyl (C=O) groups excluding carboxylic acids is 2. The monoisotopic (exact) mass is 349 g/mol. The number of benzene rings is 2. The molecule has 0 unspecified atom stereocenters. The summed E-state index contributed by atoms with van der Waals surface area (Å²) in [6, 6.07) is 6.03. The third-order valence-corrected chi connectivity index (χ3v) is 3.86. The van der Waals surface area contributed by atoms with Crippen molar-refractivity contribution >= 4 is 29.0 Å². The second kappa shape index (κ2) is 6.93. The summed E-state index contributed by atoms with van der Waals surface area (Å²) in [6.45, 7) is 6.54. The molecule has 1 amide bonds. The first-order chi connectivity index (χ1) is 11.2. The van der Waals surface area contributed by atoms with Crippen molar-refractivity contribution in [3.8, 4) is 0 Å². The predicted octanol–water partition coefficient (Wildman–Crippen LogP) is 4.67. The standard InChI is InChI=1S/C18H14ClF2NO2/c1-9(2)18(24)22-14-8-7-11(19)10(3)15(14)17(23)16-12(20)5-4-6-13(16)21/h4-8H,1H2,2-3H3,(H,22,24). The Labute approximate surface area is 142 Å². The highest BCUT2D eigenvalue weighted by atomic mass is 35.5. The molecule has 24 heavy (non-hydrogen) atoms. The van der Waals surface area contributed by atoms with E-state index in [0.29, 0.717) is 5.56 Å². The number of nitrogens with one attached hydrogen (secondary N) is 1. The van der Waals surface area contributed by atoms with E-state index in [1.807, 2.05) is 0 Å². The first-order valence-electron chi connectivity index (χ1n) is 6.98. The topological polar surface area (TPSA) is 46.2 Å². The second-order valence-corrected chi connectivity index (χ2v) is 5.66. The highest BCUT2D eigenvalue weighted by molar-refractivity contribution is 6.32. The van der Waals surface area contributed by atoms with Gasteiger partial charge in [-0.3, -0.25) is 9.59 Å². The molecule has 0 saturated carbocycles. The highest BCUT2D eigenvalue weighted by Crippen LogP contribution is 2.30. The Balaban J connectivity index is 2.64. The molecule has 0 fully saturated rings. The molecular weight excluding hydrogens is 336 g/mol. The zero-order chi connectivity index (χ0) is 18.0. The molecule has 124 valence electrons. The van der Waals surface area contributed by atoms with Crippen molar-refractivity contribution < 1.29 is 18.4 Å². The van der Waals surface area contributed by atoms with Gasteiger partial charge in [0.15, 0.2) is 0 Å². The Bertz CT molecular complexity index is 842. The summed E-state index contributed by atoms with van der Waals surface area (Å²) in [6.07, 6.45) is 0. The van der Waals surface area contributed by atoms with Crippen LogP contribution in [0.5, 0.6) is 0 Å². The molecule has 0 aromatic heterocycles. The molecular formula is C18H14ClF2NO2. The summed E-state index contributed by atoms with van der Waals surface area (Å²) in [4.78, 5) is 24.6. The van der Waals surface area contributed by atoms with Crippen molar-refractivity contribution in [3.05, 3.63) is 75.8 Å². The lowest BCUT2D eigenvalue weighted by Crippen LogP contribution is -2.17. The van der Waals surface area contributed by atoms with Crippen LogP contribution in [0.4, 0.5) is 14.5 Å². The molecule has 1 N–H and O–H groups in total. The summed E-state index contributed by atoms with van der Waals surface area (Å²) in [7, 11) is 0. The van der Waals surface area contributed by atoms with Crippen molar-refractivity contribution in [3.63, 3.8) is 0 Å². The lowest BCUT2D eigenvalue weighted by atomic mass is 9.96. The smallest absolute Gasteiger partial charge is 0.250 e. The molecule has 0 radical (unpaired) electrons. The van der Waals surface area contributed by atoms with Crippen LogP contribution in [0.2, 0.25) is 5.02 Å². The van der Waals surface area contributed by atoms with Crippen LogP contribution in [0, 0.1) is 18.6 Å². The van der Waals surface area contributed by atoms with Gasteiger partial charge in [0, 0.05) is 10.6 Å². The minimum atomic E-state index is -0.989. The number of ketones is 1. The summed E-state index contributed by atoms with van der Waals surface area (Å²) < 4.78 is 27.9. The lowest BCUT2D eigenvalue weighted by Gasteiger charge is -2.15. The maximum atomic E-state index is 13.9. The predicted molar refractivity (Wildman–Crippen MR) is 89.4 cm³/mol. The SMILES string of the molecule is C=C(C)C(=O)Nc1ccc(Cl)c(C)c1C(=O)c1c(F)cccc1F. The van der Waals surface area contributed by atoms with Crippen LogP contribution in [0.25, 0.3) is 0 Å². The molecule has 0 aliphatic heterocycles. The number of hydrogen-bond donors (Lipinski definition) is 1. The molecule has 0 bridgehead atoms. The minimum absolute atomic E-state index is 0.0684. The third kappa shape index (κ3) is 3.36. The van der Waals surface area contributed by atoms with Gasteiger partial charge in [0.2, 0.25) is 5.78 Å². The van der Waals surface area contributed by atoms with Gasteiger partial charge in [-0.15, -0.1) is 0 Å². The van der Waals surface area contributed by atoms with E-state index in [1.165, 1.54) is 26.0 Å². The molecule has 2 rings (SSSR count). The van der Waals surface area contributed by atoms with E-state index in [4.69, 9.17) is 11.6 Å². The Kier molecular flexibility index (Phi) is 5.14. The summed E-state index contributed by atoms with van der Waals surface area (Å²) in [5, 5.41) is 2.74. The van der Waals surface area contributed by atoms with Crippen LogP contribution in [0.3, 0.4) is 0 Å². The van der Waals surface area contributed by atoms with E-state index >= 15 is 0 Å². The number of hydrogen-bond acceptors (Lipinski definition) is 2. The van der Waals surface area contributed by atoms with Gasteiger partial charge in [0.25, 0.3) is 5.91 Å². The number of carbonyl (C=O) groups is 2. The van der Waals surface area contributed by atoms with Gasteiger partial charge in [0.05, 0.1) is 16.8 Å². The highest BCUT2D eigenvalue weighted by Gasteiger charge is 2.24. The summed E-state index contributed by atoms with van der Waals surface area (Å²) in [5.41, 5.74) is -0.130. The van der Waals surface area contributed by atoms with Crippen molar-refractivity contribution in [2.45, 2.75) is 13.8 Å². The zero-order valence-electron chi connectivity index (χ0n) is 13.0. The normalized spacial score (nSPS) is 10.4. The van der Waals surface area contributed by atoms with Crippen LogP contribution < -0.4 is 5.32 Å². The lowest BCUT2D eigenvalue weighted by molar-refractivity contribution is -0.112. The molecule has 0 aliphatic rings. The van der Waals surface area contributed by atoms with E-state index in [2.05, 4.69) is 11.9 Å². The fraction of sp³-hybridized carbons (Fsp3) is 0.111. The zero-order valence-corrected chi connectivity index (χ0v) is 13.8. The first kappa shape index (κ1) is 17.8. The Morgan fingerprint density at radius 3 is 2.21 bits per heavy atom. The van der Waals surface area contributed by atoms with E-state index in [9.17, 15) is 18.4 Å².